The first kappa shape index (κ1) is 13.1. The molecule has 0 aliphatic carbocycles. The molecule has 1 aliphatic rings. The Bertz CT molecular complexity index is 741. The van der Waals surface area contributed by atoms with Crippen LogP contribution in [-0.2, 0) is 10.3 Å². The second-order valence-electron chi connectivity index (χ2n) is 5.10. The molecule has 2 aromatic rings. The van der Waals surface area contributed by atoms with Gasteiger partial charge in [-0.1, -0.05) is 6.07 Å². The van der Waals surface area contributed by atoms with Crippen LogP contribution < -0.4 is 5.32 Å². The van der Waals surface area contributed by atoms with Crippen LogP contribution in [0.2, 0.25) is 0 Å². The molecule has 0 atom stereocenters. The Labute approximate surface area is 126 Å². The molecule has 0 saturated carbocycles. The lowest BCUT2D eigenvalue weighted by Crippen LogP contribution is -2.34. The standard InChI is InChI=1S/C15H12N2OS2/c1-15(2)11-6-10(13-5-9(7-16)8-20-13)3-4-12(11)17-14(19)18-15/h3-6,8H,1-2H3,(H,17,19). The van der Waals surface area contributed by atoms with Gasteiger partial charge in [0.15, 0.2) is 0 Å². The molecule has 0 radical (unpaired) electrons. The number of rotatable bonds is 1. The van der Waals surface area contributed by atoms with Gasteiger partial charge in [0.25, 0.3) is 5.17 Å². The van der Waals surface area contributed by atoms with E-state index in [1.807, 2.05) is 37.4 Å². The summed E-state index contributed by atoms with van der Waals surface area (Å²) in [6.07, 6.45) is 0. The van der Waals surface area contributed by atoms with E-state index in [1.54, 1.807) is 11.3 Å². The van der Waals surface area contributed by atoms with E-state index in [9.17, 15) is 0 Å². The zero-order chi connectivity index (χ0) is 14.3. The number of nitrogens with zero attached hydrogens (tertiary/aromatic N) is 1. The van der Waals surface area contributed by atoms with E-state index >= 15 is 0 Å². The molecule has 3 rings (SSSR count). The van der Waals surface area contributed by atoms with Crippen LogP contribution in [0.25, 0.3) is 10.4 Å². The third-order valence-electron chi connectivity index (χ3n) is 3.27. The second kappa shape index (κ2) is 4.58. The summed E-state index contributed by atoms with van der Waals surface area (Å²) in [5.41, 5.74) is 3.37. The van der Waals surface area contributed by atoms with E-state index in [-0.39, 0.29) is 0 Å². The Morgan fingerprint density at radius 3 is 2.85 bits per heavy atom. The minimum Gasteiger partial charge on any atom is -0.460 e. The Kier molecular flexibility index (Phi) is 3.00. The summed E-state index contributed by atoms with van der Waals surface area (Å²) in [7, 11) is 0. The molecule has 20 heavy (non-hydrogen) atoms. The number of ether oxygens (including phenoxy) is 1. The first-order chi connectivity index (χ1) is 9.49. The number of fused-ring (bicyclic) bond motifs is 1. The molecule has 0 bridgehead atoms. The zero-order valence-electron chi connectivity index (χ0n) is 11.1. The maximum Gasteiger partial charge on any atom is 0.262 e. The quantitative estimate of drug-likeness (QED) is 0.800. The Balaban J connectivity index is 2.09. The number of hydrogen-bond acceptors (Lipinski definition) is 4. The summed E-state index contributed by atoms with van der Waals surface area (Å²) in [5, 5.41) is 14.3. The van der Waals surface area contributed by atoms with Gasteiger partial charge in [-0.2, -0.15) is 5.26 Å². The SMILES string of the molecule is CC1(C)OC(=S)Nc2ccc(-c3cc(C#N)cs3)cc21. The summed E-state index contributed by atoms with van der Waals surface area (Å²) in [4.78, 5) is 1.08. The number of benzene rings is 1. The van der Waals surface area contributed by atoms with E-state index in [1.165, 1.54) is 0 Å². The Morgan fingerprint density at radius 2 is 2.15 bits per heavy atom. The van der Waals surface area contributed by atoms with Crippen LogP contribution in [0.15, 0.2) is 29.6 Å². The van der Waals surface area contributed by atoms with Crippen molar-refractivity contribution in [3.05, 3.63) is 40.8 Å². The zero-order valence-corrected chi connectivity index (χ0v) is 12.7. The molecule has 0 fully saturated rings. The van der Waals surface area contributed by atoms with Crippen LogP contribution >= 0.6 is 23.6 Å². The van der Waals surface area contributed by atoms with E-state index in [4.69, 9.17) is 22.2 Å². The highest BCUT2D eigenvalue weighted by molar-refractivity contribution is 7.80. The van der Waals surface area contributed by atoms with Crippen LogP contribution in [-0.4, -0.2) is 5.17 Å². The van der Waals surface area contributed by atoms with Crippen molar-refractivity contribution in [3.63, 3.8) is 0 Å². The van der Waals surface area contributed by atoms with Crippen LogP contribution in [0.4, 0.5) is 5.69 Å². The lowest BCUT2D eigenvalue weighted by Gasteiger charge is -2.34. The fourth-order valence-corrected chi connectivity index (χ4v) is 3.42. The van der Waals surface area contributed by atoms with Crippen molar-refractivity contribution in [2.24, 2.45) is 0 Å². The molecule has 0 saturated heterocycles. The molecule has 5 heteroatoms. The van der Waals surface area contributed by atoms with E-state index in [0.717, 1.165) is 21.7 Å². The topological polar surface area (TPSA) is 45.0 Å². The number of hydrogen-bond donors (Lipinski definition) is 1. The van der Waals surface area contributed by atoms with Crippen molar-refractivity contribution in [3.8, 4) is 16.5 Å². The van der Waals surface area contributed by atoms with Crippen molar-refractivity contribution in [2.75, 3.05) is 5.32 Å². The summed E-state index contributed by atoms with van der Waals surface area (Å²) < 4.78 is 5.69. The van der Waals surface area contributed by atoms with Crippen molar-refractivity contribution in [2.45, 2.75) is 19.4 Å². The summed E-state index contributed by atoms with van der Waals surface area (Å²) in [5.74, 6) is 0. The molecule has 100 valence electrons. The molecule has 1 aromatic heterocycles. The van der Waals surface area contributed by atoms with Gasteiger partial charge in [0.2, 0.25) is 0 Å². The van der Waals surface area contributed by atoms with Crippen molar-refractivity contribution < 1.29 is 4.74 Å². The predicted octanol–water partition coefficient (Wildman–Crippen LogP) is 4.25. The average Bonchev–Trinajstić information content (AvgIpc) is 2.86. The smallest absolute Gasteiger partial charge is 0.262 e. The molecule has 0 unspecified atom stereocenters. The molecule has 0 spiro atoms. The van der Waals surface area contributed by atoms with Crippen LogP contribution in [0.5, 0.6) is 0 Å². The highest BCUT2D eigenvalue weighted by atomic mass is 32.1. The fraction of sp³-hybridized carbons (Fsp3) is 0.200. The summed E-state index contributed by atoms with van der Waals surface area (Å²) >= 11 is 6.68. The number of anilines is 1. The van der Waals surface area contributed by atoms with Crippen LogP contribution in [0.3, 0.4) is 0 Å². The lowest BCUT2D eigenvalue weighted by molar-refractivity contribution is 0.0947. The van der Waals surface area contributed by atoms with Gasteiger partial charge < -0.3 is 10.1 Å². The molecular formula is C15H12N2OS2. The van der Waals surface area contributed by atoms with Gasteiger partial charge in [-0.25, -0.2) is 0 Å². The normalized spacial score (nSPS) is 15.8. The van der Waals surface area contributed by atoms with Crippen molar-refractivity contribution in [1.29, 1.82) is 5.26 Å². The van der Waals surface area contributed by atoms with Gasteiger partial charge in [-0.15, -0.1) is 11.3 Å². The molecule has 3 nitrogen and oxygen atoms in total. The maximum atomic E-state index is 8.91. The first-order valence-corrected chi connectivity index (χ1v) is 7.42. The number of nitriles is 1. The first-order valence-electron chi connectivity index (χ1n) is 6.13. The van der Waals surface area contributed by atoms with Gasteiger partial charge >= 0.3 is 0 Å². The fourth-order valence-electron chi connectivity index (χ4n) is 2.27. The van der Waals surface area contributed by atoms with Crippen LogP contribution in [0.1, 0.15) is 25.0 Å². The number of thiophene rings is 1. The largest absolute Gasteiger partial charge is 0.460 e. The lowest BCUT2D eigenvalue weighted by atomic mass is 9.93. The van der Waals surface area contributed by atoms with Gasteiger partial charge in [0, 0.05) is 21.5 Å². The maximum absolute atomic E-state index is 8.91. The van der Waals surface area contributed by atoms with Crippen molar-refractivity contribution in [1.82, 2.24) is 0 Å². The van der Waals surface area contributed by atoms with Gasteiger partial charge in [0.1, 0.15) is 11.7 Å². The molecule has 1 aromatic carbocycles. The van der Waals surface area contributed by atoms with Crippen molar-refractivity contribution >= 4 is 34.4 Å². The molecular weight excluding hydrogens is 288 g/mol. The van der Waals surface area contributed by atoms with E-state index < -0.39 is 5.60 Å². The highest BCUT2D eigenvalue weighted by Gasteiger charge is 2.31. The summed E-state index contributed by atoms with van der Waals surface area (Å²) in [6, 6.07) is 10.2. The molecule has 0 amide bonds. The average molecular weight is 300 g/mol. The molecule has 2 heterocycles. The third kappa shape index (κ3) is 2.17. The summed E-state index contributed by atoms with van der Waals surface area (Å²) in [6.45, 7) is 4.00. The third-order valence-corrected chi connectivity index (χ3v) is 4.43. The number of nitrogens with one attached hydrogen (secondary N) is 1. The van der Waals surface area contributed by atoms with Crippen LogP contribution in [0, 0.1) is 11.3 Å². The van der Waals surface area contributed by atoms with Gasteiger partial charge in [-0.05, 0) is 49.8 Å². The highest BCUT2D eigenvalue weighted by Crippen LogP contribution is 2.39. The second-order valence-corrected chi connectivity index (χ2v) is 6.38. The molecule has 1 N–H and O–H groups in total. The monoisotopic (exact) mass is 300 g/mol. The number of thiocarbonyl (C=S) groups is 1. The predicted molar refractivity (Wildman–Crippen MR) is 84.8 cm³/mol. The van der Waals surface area contributed by atoms with Gasteiger partial charge in [-0.3, -0.25) is 0 Å². The van der Waals surface area contributed by atoms with Gasteiger partial charge in [0.05, 0.1) is 5.56 Å². The minimum absolute atomic E-state index is 0.401. The van der Waals surface area contributed by atoms with E-state index in [0.29, 0.717) is 10.7 Å². The Hall–Kier alpha value is -1.90. The minimum atomic E-state index is -0.455. The molecule has 1 aliphatic heterocycles. The van der Waals surface area contributed by atoms with E-state index in [2.05, 4.69) is 17.5 Å². The Morgan fingerprint density at radius 1 is 1.35 bits per heavy atom.